The number of rotatable bonds is 3. The average molecular weight is 263 g/mol. The molecular formula is C14H21N3O2. The van der Waals surface area contributed by atoms with Gasteiger partial charge in [0.2, 0.25) is 5.91 Å². The van der Waals surface area contributed by atoms with Gasteiger partial charge in [-0.25, -0.2) is 0 Å². The molecule has 1 atom stereocenters. The Labute approximate surface area is 113 Å². The van der Waals surface area contributed by atoms with Gasteiger partial charge in [-0.05, 0) is 20.0 Å². The second-order valence-electron chi connectivity index (χ2n) is 4.84. The summed E-state index contributed by atoms with van der Waals surface area (Å²) in [7, 11) is 1.87. The molecule has 1 heterocycles. The van der Waals surface area contributed by atoms with E-state index in [1.165, 1.54) is 0 Å². The Balaban J connectivity index is 2.17. The van der Waals surface area contributed by atoms with Crippen molar-refractivity contribution in [3.63, 3.8) is 0 Å². The zero-order valence-electron chi connectivity index (χ0n) is 11.4. The minimum absolute atomic E-state index is 0.0900. The number of carbonyl (C=O) groups excluding carboxylic acids is 1. The van der Waals surface area contributed by atoms with E-state index in [0.29, 0.717) is 25.3 Å². The van der Waals surface area contributed by atoms with Crippen LogP contribution in [0.2, 0.25) is 0 Å². The van der Waals surface area contributed by atoms with Gasteiger partial charge >= 0.3 is 0 Å². The maximum Gasteiger partial charge on any atom is 0.221 e. The van der Waals surface area contributed by atoms with Crippen molar-refractivity contribution >= 4 is 11.6 Å². The highest BCUT2D eigenvalue weighted by atomic mass is 16.3. The second-order valence-corrected chi connectivity index (χ2v) is 4.84. The van der Waals surface area contributed by atoms with E-state index in [2.05, 4.69) is 15.5 Å². The fraction of sp³-hybridized carbons (Fsp3) is 0.500. The standard InChI is InChI=1S/C14H21N3O2/c1-10(15-2)12-4-3-11(9-13(12)18)17-7-5-14(19)16-6-8-17/h3-4,9-10,15,18H,5-8H2,1-2H3,(H,16,19). The molecule has 1 aliphatic heterocycles. The molecule has 0 radical (unpaired) electrons. The number of aromatic hydroxyl groups is 1. The third-order valence-electron chi connectivity index (χ3n) is 3.59. The Kier molecular flexibility index (Phi) is 4.27. The van der Waals surface area contributed by atoms with Crippen molar-refractivity contribution in [2.24, 2.45) is 0 Å². The molecule has 5 nitrogen and oxygen atoms in total. The lowest BCUT2D eigenvalue weighted by atomic mass is 10.1. The summed E-state index contributed by atoms with van der Waals surface area (Å²) in [5, 5.41) is 16.0. The quantitative estimate of drug-likeness (QED) is 0.761. The van der Waals surface area contributed by atoms with Crippen molar-refractivity contribution in [2.75, 3.05) is 31.6 Å². The summed E-state index contributed by atoms with van der Waals surface area (Å²) in [4.78, 5) is 13.4. The van der Waals surface area contributed by atoms with E-state index in [0.717, 1.165) is 17.8 Å². The molecule has 1 aliphatic rings. The van der Waals surface area contributed by atoms with Crippen molar-refractivity contribution in [1.82, 2.24) is 10.6 Å². The largest absolute Gasteiger partial charge is 0.508 e. The highest BCUT2D eigenvalue weighted by molar-refractivity contribution is 5.77. The molecule has 1 aromatic carbocycles. The molecule has 5 heteroatoms. The first-order chi connectivity index (χ1) is 9.11. The predicted molar refractivity (Wildman–Crippen MR) is 75.4 cm³/mol. The fourth-order valence-electron chi connectivity index (χ4n) is 2.28. The number of phenolic OH excluding ortho intramolecular Hbond substituents is 1. The zero-order chi connectivity index (χ0) is 13.8. The number of anilines is 1. The minimum atomic E-state index is 0.0900. The first-order valence-corrected chi connectivity index (χ1v) is 6.63. The third kappa shape index (κ3) is 3.17. The van der Waals surface area contributed by atoms with Gasteiger partial charge in [-0.15, -0.1) is 0 Å². The van der Waals surface area contributed by atoms with Gasteiger partial charge in [0.15, 0.2) is 0 Å². The van der Waals surface area contributed by atoms with Gasteiger partial charge in [-0.2, -0.15) is 0 Å². The van der Waals surface area contributed by atoms with E-state index in [1.54, 1.807) is 6.07 Å². The van der Waals surface area contributed by atoms with Gasteiger partial charge in [0, 0.05) is 49.4 Å². The van der Waals surface area contributed by atoms with E-state index < -0.39 is 0 Å². The summed E-state index contributed by atoms with van der Waals surface area (Å²) >= 11 is 0. The van der Waals surface area contributed by atoms with E-state index in [1.807, 2.05) is 26.1 Å². The number of hydrogen-bond donors (Lipinski definition) is 3. The summed E-state index contributed by atoms with van der Waals surface area (Å²) in [6.07, 6.45) is 0.495. The lowest BCUT2D eigenvalue weighted by molar-refractivity contribution is -0.120. The van der Waals surface area contributed by atoms with E-state index in [4.69, 9.17) is 0 Å². The predicted octanol–water partition coefficient (Wildman–Crippen LogP) is 0.999. The fourth-order valence-corrected chi connectivity index (χ4v) is 2.28. The lowest BCUT2D eigenvalue weighted by Gasteiger charge is -2.23. The van der Waals surface area contributed by atoms with Crippen molar-refractivity contribution in [3.05, 3.63) is 23.8 Å². The number of amides is 1. The van der Waals surface area contributed by atoms with Crippen molar-refractivity contribution in [1.29, 1.82) is 0 Å². The van der Waals surface area contributed by atoms with Gasteiger partial charge in [0.1, 0.15) is 5.75 Å². The molecule has 1 saturated heterocycles. The van der Waals surface area contributed by atoms with Crippen molar-refractivity contribution in [3.8, 4) is 5.75 Å². The molecule has 1 fully saturated rings. The third-order valence-corrected chi connectivity index (χ3v) is 3.59. The van der Waals surface area contributed by atoms with Gasteiger partial charge in [0.05, 0.1) is 0 Å². The molecule has 0 spiro atoms. The SMILES string of the molecule is CNC(C)c1ccc(N2CCNC(=O)CC2)cc1O. The number of nitrogens with one attached hydrogen (secondary N) is 2. The number of nitrogens with zero attached hydrogens (tertiary/aromatic N) is 1. The summed E-state index contributed by atoms with van der Waals surface area (Å²) in [5.41, 5.74) is 1.84. The maximum atomic E-state index is 11.3. The van der Waals surface area contributed by atoms with Crippen LogP contribution in [0.25, 0.3) is 0 Å². The monoisotopic (exact) mass is 263 g/mol. The Bertz CT molecular complexity index is 462. The highest BCUT2D eigenvalue weighted by Crippen LogP contribution is 2.29. The van der Waals surface area contributed by atoms with Gasteiger partial charge in [0.25, 0.3) is 0 Å². The lowest BCUT2D eigenvalue weighted by Crippen LogP contribution is -2.28. The number of hydrogen-bond acceptors (Lipinski definition) is 4. The summed E-state index contributed by atoms with van der Waals surface area (Å²) in [6, 6.07) is 5.82. The van der Waals surface area contributed by atoms with Crippen LogP contribution in [0.5, 0.6) is 5.75 Å². The number of carbonyl (C=O) groups is 1. The molecule has 19 heavy (non-hydrogen) atoms. The molecule has 2 rings (SSSR count). The van der Waals surface area contributed by atoms with Crippen LogP contribution in [0.1, 0.15) is 24.9 Å². The molecule has 1 amide bonds. The summed E-state index contributed by atoms with van der Waals surface area (Å²) in [5.74, 6) is 0.384. The van der Waals surface area contributed by atoms with Crippen LogP contribution in [0, 0.1) is 0 Å². The van der Waals surface area contributed by atoms with Crippen LogP contribution in [-0.2, 0) is 4.79 Å². The Morgan fingerprint density at radius 1 is 1.42 bits per heavy atom. The van der Waals surface area contributed by atoms with Gasteiger partial charge in [-0.1, -0.05) is 6.07 Å². The molecule has 3 N–H and O–H groups in total. The van der Waals surface area contributed by atoms with Gasteiger partial charge in [-0.3, -0.25) is 4.79 Å². The minimum Gasteiger partial charge on any atom is -0.508 e. The van der Waals surface area contributed by atoms with E-state index in [-0.39, 0.29) is 11.9 Å². The average Bonchev–Trinajstić information content (AvgIpc) is 2.62. The molecule has 0 bridgehead atoms. The molecule has 0 saturated carbocycles. The molecule has 104 valence electrons. The van der Waals surface area contributed by atoms with Crippen molar-refractivity contribution in [2.45, 2.75) is 19.4 Å². The maximum absolute atomic E-state index is 11.3. The molecule has 0 aromatic heterocycles. The molecule has 1 unspecified atom stereocenters. The summed E-state index contributed by atoms with van der Waals surface area (Å²) in [6.45, 7) is 4.11. The van der Waals surface area contributed by atoms with E-state index in [9.17, 15) is 9.90 Å². The van der Waals surface area contributed by atoms with Crippen LogP contribution in [0.3, 0.4) is 0 Å². The van der Waals surface area contributed by atoms with Crippen LogP contribution >= 0.6 is 0 Å². The van der Waals surface area contributed by atoms with Crippen LogP contribution in [-0.4, -0.2) is 37.7 Å². The second kappa shape index (κ2) is 5.93. The van der Waals surface area contributed by atoms with Crippen LogP contribution in [0.15, 0.2) is 18.2 Å². The molecule has 1 aromatic rings. The topological polar surface area (TPSA) is 64.6 Å². The molecular weight excluding hydrogens is 242 g/mol. The van der Waals surface area contributed by atoms with Crippen LogP contribution in [0.4, 0.5) is 5.69 Å². The smallest absolute Gasteiger partial charge is 0.221 e. The number of benzene rings is 1. The first-order valence-electron chi connectivity index (χ1n) is 6.63. The Morgan fingerprint density at radius 2 is 2.21 bits per heavy atom. The van der Waals surface area contributed by atoms with Gasteiger partial charge < -0.3 is 20.6 Å². The zero-order valence-corrected chi connectivity index (χ0v) is 11.4. The van der Waals surface area contributed by atoms with Crippen LogP contribution < -0.4 is 15.5 Å². The molecule has 0 aliphatic carbocycles. The highest BCUT2D eigenvalue weighted by Gasteiger charge is 2.16. The summed E-state index contributed by atoms with van der Waals surface area (Å²) < 4.78 is 0. The number of phenols is 1. The van der Waals surface area contributed by atoms with Crippen molar-refractivity contribution < 1.29 is 9.90 Å². The Hall–Kier alpha value is -1.75. The first kappa shape index (κ1) is 13.7. The normalized spacial score (nSPS) is 17.8. The van der Waals surface area contributed by atoms with E-state index >= 15 is 0 Å². The Morgan fingerprint density at radius 3 is 2.89 bits per heavy atom.